The Bertz CT molecular complexity index is 1050. The van der Waals surface area contributed by atoms with Gasteiger partial charge in [0.1, 0.15) is 12.6 Å². The summed E-state index contributed by atoms with van der Waals surface area (Å²) < 4.78 is 5.52. The Labute approximate surface area is 192 Å². The van der Waals surface area contributed by atoms with Crippen molar-refractivity contribution in [2.75, 3.05) is 6.61 Å². The molecule has 2 amide bonds. The number of fused-ring (bicyclic) bond motifs is 5. The molecule has 0 aliphatic heterocycles. The van der Waals surface area contributed by atoms with E-state index in [0.717, 1.165) is 41.5 Å². The number of ether oxygens (including phenoxy) is 1. The van der Waals surface area contributed by atoms with E-state index in [-0.39, 0.29) is 36.3 Å². The van der Waals surface area contributed by atoms with E-state index < -0.39 is 24.0 Å². The molecule has 3 N–H and O–H groups in total. The summed E-state index contributed by atoms with van der Waals surface area (Å²) in [7, 11) is 0. The van der Waals surface area contributed by atoms with Crippen molar-refractivity contribution in [3.05, 3.63) is 59.7 Å². The van der Waals surface area contributed by atoms with Crippen LogP contribution in [0.3, 0.4) is 0 Å². The Morgan fingerprint density at radius 3 is 2.24 bits per heavy atom. The second-order valence-corrected chi connectivity index (χ2v) is 9.42. The standard InChI is InChI=1S/C26H28N2O5/c1-14(24(29)28-23-16-11-10-15(12-16)22(23)25(30)31)27-26(32)33-13-21-19-8-4-2-6-17(19)18-7-3-5-9-20(18)21/h2-9,14-16,21-23H,10-13H2,1H3,(H,27,32)(H,28,29)(H,30,31)/t14-,15?,16?,22?,23?/m0/s1. The van der Waals surface area contributed by atoms with Gasteiger partial charge in [-0.1, -0.05) is 48.5 Å². The molecule has 2 bridgehead atoms. The highest BCUT2D eigenvalue weighted by molar-refractivity contribution is 5.86. The summed E-state index contributed by atoms with van der Waals surface area (Å²) in [4.78, 5) is 36.8. The minimum Gasteiger partial charge on any atom is -0.481 e. The van der Waals surface area contributed by atoms with Gasteiger partial charge in [-0.25, -0.2) is 4.79 Å². The van der Waals surface area contributed by atoms with Gasteiger partial charge in [0.15, 0.2) is 0 Å². The van der Waals surface area contributed by atoms with Gasteiger partial charge in [-0.05, 0) is 60.3 Å². The second-order valence-electron chi connectivity index (χ2n) is 9.42. The second kappa shape index (κ2) is 8.54. The van der Waals surface area contributed by atoms with Gasteiger partial charge >= 0.3 is 12.1 Å². The lowest BCUT2D eigenvalue weighted by Gasteiger charge is -2.30. The van der Waals surface area contributed by atoms with Gasteiger partial charge in [0.25, 0.3) is 0 Å². The molecule has 0 aromatic heterocycles. The number of amides is 2. The molecule has 2 aromatic rings. The molecule has 33 heavy (non-hydrogen) atoms. The zero-order valence-electron chi connectivity index (χ0n) is 18.5. The van der Waals surface area contributed by atoms with Crippen molar-refractivity contribution >= 4 is 18.0 Å². The first-order valence-corrected chi connectivity index (χ1v) is 11.6. The number of hydrogen-bond donors (Lipinski definition) is 3. The molecule has 4 unspecified atom stereocenters. The zero-order chi connectivity index (χ0) is 23.1. The Balaban J connectivity index is 1.18. The first-order chi connectivity index (χ1) is 15.9. The molecule has 0 radical (unpaired) electrons. The average molecular weight is 449 g/mol. The molecular formula is C26H28N2O5. The monoisotopic (exact) mass is 448 g/mol. The molecule has 7 heteroatoms. The van der Waals surface area contributed by atoms with Crippen LogP contribution in [0, 0.1) is 17.8 Å². The maximum atomic E-state index is 12.7. The predicted molar refractivity (Wildman–Crippen MR) is 122 cm³/mol. The number of nitrogens with one attached hydrogen (secondary N) is 2. The Morgan fingerprint density at radius 2 is 1.61 bits per heavy atom. The zero-order valence-corrected chi connectivity index (χ0v) is 18.5. The van der Waals surface area contributed by atoms with Gasteiger partial charge in [-0.15, -0.1) is 0 Å². The summed E-state index contributed by atoms with van der Waals surface area (Å²) in [5.74, 6) is -1.52. The Kier molecular flexibility index (Phi) is 5.56. The minimum atomic E-state index is -0.857. The molecular weight excluding hydrogens is 420 g/mol. The number of aliphatic carboxylic acids is 1. The molecule has 3 aliphatic carbocycles. The number of hydrogen-bond acceptors (Lipinski definition) is 4. The fraction of sp³-hybridized carbons (Fsp3) is 0.423. The lowest BCUT2D eigenvalue weighted by Crippen LogP contribution is -2.53. The van der Waals surface area contributed by atoms with Crippen LogP contribution >= 0.6 is 0 Å². The molecule has 172 valence electrons. The van der Waals surface area contributed by atoms with Crippen molar-refractivity contribution in [1.29, 1.82) is 0 Å². The fourth-order valence-corrected chi connectivity index (χ4v) is 6.03. The summed E-state index contributed by atoms with van der Waals surface area (Å²) in [5.41, 5.74) is 4.53. The van der Waals surface area contributed by atoms with Crippen molar-refractivity contribution in [3.8, 4) is 11.1 Å². The average Bonchev–Trinajstić information content (AvgIpc) is 3.49. The van der Waals surface area contributed by atoms with Crippen LogP contribution < -0.4 is 10.6 Å². The van der Waals surface area contributed by atoms with Crippen LogP contribution in [0.5, 0.6) is 0 Å². The van der Waals surface area contributed by atoms with Gasteiger partial charge in [-0.3, -0.25) is 9.59 Å². The fourth-order valence-electron chi connectivity index (χ4n) is 6.03. The van der Waals surface area contributed by atoms with E-state index in [2.05, 4.69) is 22.8 Å². The van der Waals surface area contributed by atoms with Gasteiger partial charge in [0.2, 0.25) is 5.91 Å². The molecule has 0 heterocycles. The molecule has 0 spiro atoms. The molecule has 5 atom stereocenters. The molecule has 7 nitrogen and oxygen atoms in total. The van der Waals surface area contributed by atoms with Crippen LogP contribution in [-0.2, 0) is 14.3 Å². The van der Waals surface area contributed by atoms with Crippen molar-refractivity contribution in [2.24, 2.45) is 17.8 Å². The van der Waals surface area contributed by atoms with Gasteiger partial charge in [0.05, 0.1) is 5.92 Å². The smallest absolute Gasteiger partial charge is 0.407 e. The van der Waals surface area contributed by atoms with Crippen molar-refractivity contribution < 1.29 is 24.2 Å². The van der Waals surface area contributed by atoms with E-state index in [4.69, 9.17) is 4.74 Å². The van der Waals surface area contributed by atoms with Crippen LogP contribution in [0.4, 0.5) is 4.79 Å². The molecule has 2 saturated carbocycles. The number of rotatable bonds is 6. The first kappa shape index (κ1) is 21.5. The highest BCUT2D eigenvalue weighted by atomic mass is 16.5. The highest BCUT2D eigenvalue weighted by Gasteiger charge is 2.51. The summed E-state index contributed by atoms with van der Waals surface area (Å²) in [6.07, 6.45) is 2.02. The Morgan fingerprint density at radius 1 is 1.00 bits per heavy atom. The van der Waals surface area contributed by atoms with E-state index in [1.807, 2.05) is 36.4 Å². The molecule has 5 rings (SSSR count). The van der Waals surface area contributed by atoms with Crippen LogP contribution in [0.15, 0.2) is 48.5 Å². The predicted octanol–water partition coefficient (Wildman–Crippen LogP) is 3.53. The highest BCUT2D eigenvalue weighted by Crippen LogP contribution is 2.48. The van der Waals surface area contributed by atoms with Crippen molar-refractivity contribution in [2.45, 2.75) is 44.2 Å². The largest absolute Gasteiger partial charge is 0.481 e. The van der Waals surface area contributed by atoms with Crippen LogP contribution in [0.25, 0.3) is 11.1 Å². The van der Waals surface area contributed by atoms with Crippen molar-refractivity contribution in [1.82, 2.24) is 10.6 Å². The topological polar surface area (TPSA) is 105 Å². The normalized spacial score (nSPS) is 25.7. The van der Waals surface area contributed by atoms with Gasteiger partial charge < -0.3 is 20.5 Å². The third kappa shape index (κ3) is 3.86. The Hall–Kier alpha value is -3.35. The number of alkyl carbamates (subject to hydrolysis) is 1. The van der Waals surface area contributed by atoms with E-state index in [1.165, 1.54) is 0 Å². The SMILES string of the molecule is C[C@H](NC(=O)OCC1c2ccccc2-c2ccccc21)C(=O)NC1C2CCC(C2)C1C(=O)O. The third-order valence-electron chi connectivity index (χ3n) is 7.58. The number of carbonyl (C=O) groups excluding carboxylic acids is 2. The van der Waals surface area contributed by atoms with Crippen LogP contribution in [0.2, 0.25) is 0 Å². The number of carboxylic acids is 1. The van der Waals surface area contributed by atoms with Gasteiger partial charge in [0, 0.05) is 12.0 Å². The molecule has 3 aliphatic rings. The maximum Gasteiger partial charge on any atom is 0.407 e. The van der Waals surface area contributed by atoms with Crippen LogP contribution in [-0.4, -0.2) is 41.8 Å². The van der Waals surface area contributed by atoms with E-state index in [9.17, 15) is 19.5 Å². The maximum absolute atomic E-state index is 12.7. The first-order valence-electron chi connectivity index (χ1n) is 11.6. The van der Waals surface area contributed by atoms with E-state index in [1.54, 1.807) is 6.92 Å². The lowest BCUT2D eigenvalue weighted by molar-refractivity contribution is -0.144. The van der Waals surface area contributed by atoms with Gasteiger partial charge in [-0.2, -0.15) is 0 Å². The lowest BCUT2D eigenvalue weighted by atomic mass is 9.84. The van der Waals surface area contributed by atoms with Crippen LogP contribution in [0.1, 0.15) is 43.2 Å². The number of carbonyl (C=O) groups is 3. The number of benzene rings is 2. The molecule has 0 saturated heterocycles. The quantitative estimate of drug-likeness (QED) is 0.627. The molecule has 2 fully saturated rings. The third-order valence-corrected chi connectivity index (χ3v) is 7.58. The minimum absolute atomic E-state index is 0.0577. The number of carboxylic acid groups (broad SMARTS) is 1. The summed E-state index contributed by atoms with van der Waals surface area (Å²) in [6, 6.07) is 15.0. The molecule has 2 aromatic carbocycles. The summed E-state index contributed by atoms with van der Waals surface area (Å²) in [6.45, 7) is 1.75. The summed E-state index contributed by atoms with van der Waals surface area (Å²) >= 11 is 0. The van der Waals surface area contributed by atoms with E-state index >= 15 is 0 Å². The summed E-state index contributed by atoms with van der Waals surface area (Å²) in [5, 5.41) is 15.0. The van der Waals surface area contributed by atoms with E-state index in [0.29, 0.717) is 0 Å². The van der Waals surface area contributed by atoms with Crippen molar-refractivity contribution in [3.63, 3.8) is 0 Å².